The number of halogens is 1. The molecule has 1 aliphatic heterocycles. The number of nitriles is 1. The average molecular weight is 454 g/mol. The quantitative estimate of drug-likeness (QED) is 0.377. The summed E-state index contributed by atoms with van der Waals surface area (Å²) in [7, 11) is 0. The van der Waals surface area contributed by atoms with Crippen LogP contribution in [0.3, 0.4) is 0 Å². The molecule has 1 heterocycles. The van der Waals surface area contributed by atoms with Gasteiger partial charge in [0.25, 0.3) is 0 Å². The molecule has 9 nitrogen and oxygen atoms in total. The van der Waals surface area contributed by atoms with Gasteiger partial charge in [0.15, 0.2) is 6.19 Å². The highest BCUT2D eigenvalue weighted by atomic mass is 35.5. The molecule has 166 valence electrons. The van der Waals surface area contributed by atoms with E-state index < -0.39 is 12.1 Å². The Bertz CT molecular complexity index is 1020. The summed E-state index contributed by atoms with van der Waals surface area (Å²) in [5.41, 5.74) is 2.03. The van der Waals surface area contributed by atoms with Crippen molar-refractivity contribution >= 4 is 46.6 Å². The molecule has 0 saturated heterocycles. The predicted octanol–water partition coefficient (Wildman–Crippen LogP) is 3.52. The lowest BCUT2D eigenvalue weighted by atomic mass is 10.1. The van der Waals surface area contributed by atoms with Crippen LogP contribution in [-0.4, -0.2) is 37.0 Å². The molecule has 0 bridgehead atoms. The lowest BCUT2D eigenvalue weighted by molar-refractivity contribution is -0.118. The molecule has 32 heavy (non-hydrogen) atoms. The molecule has 3 amide bonds. The van der Waals surface area contributed by atoms with Gasteiger partial charge in [-0.3, -0.25) is 15.1 Å². The van der Waals surface area contributed by atoms with Crippen molar-refractivity contribution in [2.75, 3.05) is 28.6 Å². The summed E-state index contributed by atoms with van der Waals surface area (Å²) in [6.07, 6.45) is 3.09. The fraction of sp³-hybridized carbons (Fsp3) is 0.273. The van der Waals surface area contributed by atoms with Crippen molar-refractivity contribution in [2.24, 2.45) is 4.99 Å². The second-order valence-corrected chi connectivity index (χ2v) is 7.51. The number of rotatable bonds is 7. The monoisotopic (exact) mass is 453 g/mol. The molecule has 0 aliphatic carbocycles. The number of nitrogens with zero attached hydrogens (tertiary/aromatic N) is 3. The van der Waals surface area contributed by atoms with Crippen LogP contribution in [0.1, 0.15) is 19.8 Å². The van der Waals surface area contributed by atoms with E-state index in [2.05, 4.69) is 26.3 Å². The Labute approximate surface area is 191 Å². The number of anilines is 3. The molecule has 1 aliphatic rings. The largest absolute Gasteiger partial charge is 0.326 e. The molecule has 10 heteroatoms. The fourth-order valence-electron chi connectivity index (χ4n) is 3.23. The molecule has 0 aromatic heterocycles. The van der Waals surface area contributed by atoms with E-state index in [9.17, 15) is 9.59 Å². The highest BCUT2D eigenvalue weighted by Gasteiger charge is 2.21. The second kappa shape index (κ2) is 11.0. The maximum absolute atomic E-state index is 12.8. The summed E-state index contributed by atoms with van der Waals surface area (Å²) >= 11 is 5.85. The van der Waals surface area contributed by atoms with Gasteiger partial charge in [0.1, 0.15) is 6.04 Å². The van der Waals surface area contributed by atoms with Crippen LogP contribution in [0.25, 0.3) is 0 Å². The second-order valence-electron chi connectivity index (χ2n) is 7.08. The topological polar surface area (TPSA) is 122 Å². The predicted molar refractivity (Wildman–Crippen MR) is 126 cm³/mol. The summed E-state index contributed by atoms with van der Waals surface area (Å²) in [4.78, 5) is 31.2. The molecule has 4 N–H and O–H groups in total. The first-order valence-corrected chi connectivity index (χ1v) is 10.6. The molecule has 0 spiro atoms. The molecule has 0 fully saturated rings. The zero-order valence-electron chi connectivity index (χ0n) is 17.6. The van der Waals surface area contributed by atoms with Crippen molar-refractivity contribution in [2.45, 2.75) is 25.8 Å². The van der Waals surface area contributed by atoms with Gasteiger partial charge >= 0.3 is 6.03 Å². The molecule has 2 aromatic rings. The van der Waals surface area contributed by atoms with Crippen LogP contribution >= 0.6 is 11.6 Å². The van der Waals surface area contributed by atoms with Crippen LogP contribution in [0.2, 0.25) is 5.02 Å². The third kappa shape index (κ3) is 6.12. The number of aliphatic imine (C=N–C) groups is 1. The normalized spacial score (nSPS) is 13.5. The Hall–Kier alpha value is -3.77. The number of benzene rings is 2. The van der Waals surface area contributed by atoms with Gasteiger partial charge in [0.05, 0.1) is 6.54 Å². The van der Waals surface area contributed by atoms with Crippen LogP contribution in [0.4, 0.5) is 21.9 Å². The van der Waals surface area contributed by atoms with Crippen molar-refractivity contribution < 1.29 is 9.59 Å². The highest BCUT2D eigenvalue weighted by Crippen LogP contribution is 2.20. The SMILES string of the molecule is CCC[C@@H](NC(=O)Nc1ccc(Cl)cc1)C(=O)Nc1ccc(N2CCN=C2NC#N)cc1. The summed E-state index contributed by atoms with van der Waals surface area (Å²) in [5.74, 6) is 0.198. The standard InChI is InChI=1S/C22H24ClN7O2/c1-2-3-19(29-22(32)28-17-6-4-15(23)5-7-17)20(31)27-16-8-10-18(11-9-16)30-13-12-25-21(30)26-14-24/h4-11,19H,2-3,12-13H2,1H3,(H,25,26)(H,27,31)(H2,28,29,32)/t19-/m1/s1. The van der Waals surface area contributed by atoms with Crippen molar-refractivity contribution in [1.29, 1.82) is 5.26 Å². The maximum Gasteiger partial charge on any atom is 0.319 e. The third-order valence-electron chi connectivity index (χ3n) is 4.76. The van der Waals surface area contributed by atoms with Gasteiger partial charge in [-0.05, 0) is 55.0 Å². The minimum Gasteiger partial charge on any atom is -0.326 e. The van der Waals surface area contributed by atoms with Crippen molar-refractivity contribution in [1.82, 2.24) is 10.6 Å². The van der Waals surface area contributed by atoms with Crippen molar-refractivity contribution in [3.8, 4) is 6.19 Å². The van der Waals surface area contributed by atoms with Crippen LogP contribution in [0, 0.1) is 11.5 Å². The van der Waals surface area contributed by atoms with Crippen LogP contribution in [0.5, 0.6) is 0 Å². The number of nitrogens with one attached hydrogen (secondary N) is 4. The molecular weight excluding hydrogens is 430 g/mol. The van der Waals surface area contributed by atoms with E-state index in [0.717, 1.165) is 12.1 Å². The molecular formula is C22H24ClN7O2. The Balaban J connectivity index is 1.59. The van der Waals surface area contributed by atoms with Crippen LogP contribution < -0.4 is 26.2 Å². The lowest BCUT2D eigenvalue weighted by Crippen LogP contribution is -2.45. The number of hydrogen-bond acceptors (Lipinski definition) is 6. The Morgan fingerprint density at radius 1 is 1.12 bits per heavy atom. The van der Waals surface area contributed by atoms with Crippen LogP contribution in [-0.2, 0) is 4.79 Å². The molecule has 2 aromatic carbocycles. The summed E-state index contributed by atoms with van der Waals surface area (Å²) in [6, 6.07) is 12.8. The fourth-order valence-corrected chi connectivity index (χ4v) is 3.35. The number of carbonyl (C=O) groups is 2. The first-order chi connectivity index (χ1) is 15.5. The lowest BCUT2D eigenvalue weighted by Gasteiger charge is -2.20. The van der Waals surface area contributed by atoms with E-state index in [4.69, 9.17) is 16.9 Å². The molecule has 0 unspecified atom stereocenters. The van der Waals surface area contributed by atoms with Gasteiger partial charge < -0.3 is 20.9 Å². The molecule has 1 atom stereocenters. The minimum atomic E-state index is -0.691. The number of hydrogen-bond donors (Lipinski definition) is 4. The van der Waals surface area contributed by atoms with E-state index in [1.165, 1.54) is 0 Å². The Morgan fingerprint density at radius 3 is 2.44 bits per heavy atom. The van der Waals surface area contributed by atoms with E-state index in [1.807, 2.05) is 30.1 Å². The van der Waals surface area contributed by atoms with E-state index >= 15 is 0 Å². The van der Waals surface area contributed by atoms with Gasteiger partial charge in [0, 0.05) is 28.6 Å². The molecule has 3 rings (SSSR count). The van der Waals surface area contributed by atoms with Gasteiger partial charge in [-0.1, -0.05) is 24.9 Å². The van der Waals surface area contributed by atoms with E-state index in [1.54, 1.807) is 36.4 Å². The molecule has 0 saturated carbocycles. The van der Waals surface area contributed by atoms with Crippen molar-refractivity contribution in [3.63, 3.8) is 0 Å². The summed E-state index contributed by atoms with van der Waals surface area (Å²) in [6.45, 7) is 3.21. The minimum absolute atomic E-state index is 0.305. The summed E-state index contributed by atoms with van der Waals surface area (Å²) < 4.78 is 0. The maximum atomic E-state index is 12.8. The first-order valence-electron chi connectivity index (χ1n) is 10.2. The third-order valence-corrected chi connectivity index (χ3v) is 5.01. The van der Waals surface area contributed by atoms with Gasteiger partial charge in [-0.25, -0.2) is 4.79 Å². The average Bonchev–Trinajstić information content (AvgIpc) is 3.24. The van der Waals surface area contributed by atoms with Crippen molar-refractivity contribution in [3.05, 3.63) is 53.6 Å². The van der Waals surface area contributed by atoms with Crippen LogP contribution in [0.15, 0.2) is 53.5 Å². The molecule has 0 radical (unpaired) electrons. The Morgan fingerprint density at radius 2 is 1.78 bits per heavy atom. The van der Waals surface area contributed by atoms with E-state index in [0.29, 0.717) is 41.9 Å². The van der Waals surface area contributed by atoms with Gasteiger partial charge in [0.2, 0.25) is 11.9 Å². The number of amides is 3. The summed E-state index contributed by atoms with van der Waals surface area (Å²) in [5, 5.41) is 20.2. The van der Waals surface area contributed by atoms with E-state index in [-0.39, 0.29) is 5.91 Å². The first kappa shape index (κ1) is 22.9. The zero-order valence-corrected chi connectivity index (χ0v) is 18.3. The highest BCUT2D eigenvalue weighted by molar-refractivity contribution is 6.30. The van der Waals surface area contributed by atoms with Gasteiger partial charge in [-0.15, -0.1) is 0 Å². The number of carbonyl (C=O) groups excluding carboxylic acids is 2. The van der Waals surface area contributed by atoms with Gasteiger partial charge in [-0.2, -0.15) is 5.26 Å². The number of guanidine groups is 1. The smallest absolute Gasteiger partial charge is 0.319 e. The number of urea groups is 1. The Kier molecular flexibility index (Phi) is 7.89. The zero-order chi connectivity index (χ0) is 22.9.